The molecule has 0 bridgehead atoms. The van der Waals surface area contributed by atoms with Gasteiger partial charge in [0, 0.05) is 30.0 Å². The summed E-state index contributed by atoms with van der Waals surface area (Å²) in [7, 11) is 0. The van der Waals surface area contributed by atoms with Gasteiger partial charge in [-0.2, -0.15) is 0 Å². The summed E-state index contributed by atoms with van der Waals surface area (Å²) in [5.74, 6) is 7.20. The van der Waals surface area contributed by atoms with Crippen molar-refractivity contribution in [1.29, 1.82) is 0 Å². The maximum absolute atomic E-state index is 10.2. The molecule has 0 unspecified atom stereocenters. The van der Waals surface area contributed by atoms with Gasteiger partial charge >= 0.3 is 0 Å². The third-order valence-electron chi connectivity index (χ3n) is 5.00. The lowest BCUT2D eigenvalue weighted by atomic mass is 9.93. The number of hydrogen-bond acceptors (Lipinski definition) is 7. The van der Waals surface area contributed by atoms with Crippen molar-refractivity contribution in [3.05, 3.63) is 71.1 Å². The fourth-order valence-corrected chi connectivity index (χ4v) is 3.36. The summed E-state index contributed by atoms with van der Waals surface area (Å²) in [5.41, 5.74) is 3.21. The normalized spacial score (nSPS) is 23.6. The van der Waals surface area contributed by atoms with Gasteiger partial charge in [-0.25, -0.2) is 0 Å². The van der Waals surface area contributed by atoms with E-state index >= 15 is 0 Å². The van der Waals surface area contributed by atoms with Gasteiger partial charge in [-0.15, -0.1) is 10.2 Å². The van der Waals surface area contributed by atoms with Crippen molar-refractivity contribution in [1.82, 2.24) is 10.2 Å². The van der Waals surface area contributed by atoms with Crippen LogP contribution in [0.25, 0.3) is 11.5 Å². The zero-order valence-electron chi connectivity index (χ0n) is 16.4. The number of aliphatic hydroxyl groups excluding tert-OH is 3. The topological polar surface area (TPSA) is 109 Å². The van der Waals surface area contributed by atoms with Crippen LogP contribution in [0.2, 0.25) is 0 Å². The maximum Gasteiger partial charge on any atom is 0.247 e. The van der Waals surface area contributed by atoms with E-state index in [9.17, 15) is 15.3 Å². The van der Waals surface area contributed by atoms with Crippen LogP contribution in [-0.2, 0) is 4.74 Å². The Bertz CT molecular complexity index is 1050. The second-order valence-electron chi connectivity index (χ2n) is 7.23. The quantitative estimate of drug-likeness (QED) is 0.571. The SMILES string of the molecule is Cc1nnc(-c2ccc(C#Cc3ccc([C@H]4O[C@H](CO)C[C@H](O)[C@@H]4O)cc3)cc2)o1. The average molecular weight is 406 g/mol. The maximum atomic E-state index is 10.2. The van der Waals surface area contributed by atoms with Crippen molar-refractivity contribution in [2.75, 3.05) is 6.61 Å². The third-order valence-corrected chi connectivity index (χ3v) is 5.00. The summed E-state index contributed by atoms with van der Waals surface area (Å²) in [6, 6.07) is 14.8. The predicted octanol–water partition coefficient (Wildman–Crippen LogP) is 1.99. The summed E-state index contributed by atoms with van der Waals surface area (Å²) < 4.78 is 11.1. The summed E-state index contributed by atoms with van der Waals surface area (Å²) in [6.07, 6.45) is -2.94. The minimum Gasteiger partial charge on any atom is -0.421 e. The van der Waals surface area contributed by atoms with Crippen molar-refractivity contribution in [3.8, 4) is 23.3 Å². The number of benzene rings is 2. The van der Waals surface area contributed by atoms with Crippen LogP contribution in [0, 0.1) is 18.8 Å². The van der Waals surface area contributed by atoms with Gasteiger partial charge in [0.05, 0.1) is 18.8 Å². The van der Waals surface area contributed by atoms with Crippen LogP contribution in [0.5, 0.6) is 0 Å². The second-order valence-corrected chi connectivity index (χ2v) is 7.23. The van der Waals surface area contributed by atoms with Crippen molar-refractivity contribution in [2.24, 2.45) is 0 Å². The lowest BCUT2D eigenvalue weighted by Gasteiger charge is -2.36. The predicted molar refractivity (Wildman–Crippen MR) is 108 cm³/mol. The standard InChI is InChI=1S/C23H22N2O5/c1-14-24-25-23(29-14)18-10-6-16(7-11-18)3-2-15-4-8-17(9-5-15)22-21(28)20(27)12-19(13-26)30-22/h4-11,19-22,26-28H,12-13H2,1H3/t19-,20-,21-,22+/m0/s1. The molecule has 2 aromatic carbocycles. The molecule has 1 aromatic heterocycles. The largest absolute Gasteiger partial charge is 0.421 e. The van der Waals surface area contributed by atoms with Crippen molar-refractivity contribution in [3.63, 3.8) is 0 Å². The summed E-state index contributed by atoms with van der Waals surface area (Å²) >= 11 is 0. The van der Waals surface area contributed by atoms with E-state index in [4.69, 9.17) is 9.15 Å². The van der Waals surface area contributed by atoms with Crippen LogP contribution in [0.4, 0.5) is 0 Å². The van der Waals surface area contributed by atoms with Gasteiger partial charge in [-0.05, 0) is 42.0 Å². The lowest BCUT2D eigenvalue weighted by molar-refractivity contribution is -0.179. The number of nitrogens with zero attached hydrogens (tertiary/aromatic N) is 2. The highest BCUT2D eigenvalue weighted by atomic mass is 16.5. The molecule has 154 valence electrons. The number of aryl methyl sites for hydroxylation is 1. The third kappa shape index (κ3) is 4.42. The Kier molecular flexibility index (Phi) is 5.93. The van der Waals surface area contributed by atoms with Gasteiger partial charge < -0.3 is 24.5 Å². The van der Waals surface area contributed by atoms with E-state index in [2.05, 4.69) is 22.0 Å². The molecular weight excluding hydrogens is 384 g/mol. The molecule has 0 amide bonds. The van der Waals surface area contributed by atoms with E-state index in [0.717, 1.165) is 22.3 Å². The summed E-state index contributed by atoms with van der Waals surface area (Å²) in [5, 5.41) is 37.4. The van der Waals surface area contributed by atoms with Crippen molar-refractivity contribution in [2.45, 2.75) is 37.8 Å². The van der Waals surface area contributed by atoms with Crippen LogP contribution in [0.1, 0.15) is 35.1 Å². The monoisotopic (exact) mass is 406 g/mol. The Morgan fingerprint density at radius 3 is 2.17 bits per heavy atom. The van der Waals surface area contributed by atoms with Crippen molar-refractivity contribution >= 4 is 0 Å². The van der Waals surface area contributed by atoms with E-state index < -0.39 is 24.4 Å². The molecule has 1 saturated heterocycles. The van der Waals surface area contributed by atoms with Crippen LogP contribution in [0.3, 0.4) is 0 Å². The zero-order chi connectivity index (χ0) is 21.1. The number of aliphatic hydroxyl groups is 3. The van der Waals surface area contributed by atoms with Gasteiger partial charge in [0.15, 0.2) is 0 Å². The number of hydrogen-bond donors (Lipinski definition) is 3. The molecule has 0 radical (unpaired) electrons. The Hall–Kier alpha value is -3.02. The fraction of sp³-hybridized carbons (Fsp3) is 0.304. The average Bonchev–Trinajstić information content (AvgIpc) is 3.21. The molecule has 1 aliphatic rings. The Balaban J connectivity index is 1.46. The van der Waals surface area contributed by atoms with Crippen molar-refractivity contribution < 1.29 is 24.5 Å². The van der Waals surface area contributed by atoms with Crippen LogP contribution >= 0.6 is 0 Å². The second kappa shape index (κ2) is 8.78. The van der Waals surface area contributed by atoms with Crippen LogP contribution in [-0.4, -0.2) is 50.4 Å². The number of ether oxygens (including phenoxy) is 1. The lowest BCUT2D eigenvalue weighted by Crippen LogP contribution is -2.44. The van der Waals surface area contributed by atoms with Gasteiger partial charge in [-0.1, -0.05) is 24.0 Å². The highest BCUT2D eigenvalue weighted by Gasteiger charge is 2.37. The molecule has 0 saturated carbocycles. The van der Waals surface area contributed by atoms with Gasteiger partial charge in [-0.3, -0.25) is 0 Å². The molecular formula is C23H22N2O5. The minimum absolute atomic E-state index is 0.200. The molecule has 3 N–H and O–H groups in total. The first-order chi connectivity index (χ1) is 14.5. The number of rotatable bonds is 3. The molecule has 7 nitrogen and oxygen atoms in total. The number of aromatic nitrogens is 2. The molecule has 2 heterocycles. The van der Waals surface area contributed by atoms with E-state index in [0.29, 0.717) is 11.8 Å². The van der Waals surface area contributed by atoms with Crippen LogP contribution < -0.4 is 0 Å². The molecule has 4 atom stereocenters. The smallest absolute Gasteiger partial charge is 0.247 e. The Morgan fingerprint density at radius 1 is 0.967 bits per heavy atom. The summed E-state index contributed by atoms with van der Waals surface area (Å²) in [4.78, 5) is 0. The highest BCUT2D eigenvalue weighted by Crippen LogP contribution is 2.32. The van der Waals surface area contributed by atoms with E-state index in [1.807, 2.05) is 48.5 Å². The Morgan fingerprint density at radius 2 is 1.60 bits per heavy atom. The van der Waals surface area contributed by atoms with Gasteiger partial charge in [0.2, 0.25) is 11.8 Å². The molecule has 1 aliphatic heterocycles. The van der Waals surface area contributed by atoms with Gasteiger partial charge in [0.1, 0.15) is 12.2 Å². The first-order valence-electron chi connectivity index (χ1n) is 9.68. The molecule has 30 heavy (non-hydrogen) atoms. The molecule has 0 spiro atoms. The van der Waals surface area contributed by atoms with E-state index in [1.165, 1.54) is 0 Å². The summed E-state index contributed by atoms with van der Waals surface area (Å²) in [6.45, 7) is 1.55. The molecule has 1 fully saturated rings. The molecule has 0 aliphatic carbocycles. The highest BCUT2D eigenvalue weighted by molar-refractivity contribution is 5.55. The van der Waals surface area contributed by atoms with E-state index in [-0.39, 0.29) is 13.0 Å². The Labute approximate surface area is 174 Å². The fourth-order valence-electron chi connectivity index (χ4n) is 3.36. The zero-order valence-corrected chi connectivity index (χ0v) is 16.4. The van der Waals surface area contributed by atoms with Gasteiger partial charge in [0.25, 0.3) is 0 Å². The molecule has 4 rings (SSSR count). The van der Waals surface area contributed by atoms with Crippen LogP contribution in [0.15, 0.2) is 52.9 Å². The first kappa shape index (κ1) is 20.3. The minimum atomic E-state index is -1.04. The molecule has 3 aromatic rings. The first-order valence-corrected chi connectivity index (χ1v) is 9.68. The van der Waals surface area contributed by atoms with E-state index in [1.54, 1.807) is 6.92 Å². The molecule has 7 heteroatoms.